The van der Waals surface area contributed by atoms with Crippen molar-refractivity contribution < 1.29 is 9.53 Å². The van der Waals surface area contributed by atoms with E-state index in [1.807, 2.05) is 75.4 Å². The van der Waals surface area contributed by atoms with Crippen LogP contribution in [0.3, 0.4) is 0 Å². The molecule has 0 aliphatic carbocycles. The van der Waals surface area contributed by atoms with Gasteiger partial charge in [0, 0.05) is 5.56 Å². The fraction of sp³-hybridized carbons (Fsp3) is 0.261. The van der Waals surface area contributed by atoms with Gasteiger partial charge in [-0.05, 0) is 37.5 Å². The molecule has 4 aromatic rings. The summed E-state index contributed by atoms with van der Waals surface area (Å²) in [6, 6.07) is 17.5. The molecule has 2 aromatic heterocycles. The molecule has 29 heavy (non-hydrogen) atoms. The minimum atomic E-state index is -0.333. The minimum absolute atomic E-state index is 0.286. The lowest BCUT2D eigenvalue weighted by molar-refractivity contribution is -0.136. The summed E-state index contributed by atoms with van der Waals surface area (Å²) in [5.74, 6) is 0.346. The van der Waals surface area contributed by atoms with Crippen LogP contribution in [0.4, 0.5) is 0 Å². The molecule has 2 aromatic carbocycles. The Hall–Kier alpha value is -3.41. The lowest BCUT2D eigenvalue weighted by Gasteiger charge is -2.15. The predicted octanol–water partition coefficient (Wildman–Crippen LogP) is 4.72. The van der Waals surface area contributed by atoms with Crippen molar-refractivity contribution in [3.63, 3.8) is 0 Å². The number of aromatic nitrogens is 4. The first kappa shape index (κ1) is 18.9. The molecule has 2 heterocycles. The van der Waals surface area contributed by atoms with Crippen molar-refractivity contribution in [2.45, 2.75) is 39.5 Å². The van der Waals surface area contributed by atoms with Crippen molar-refractivity contribution in [1.29, 1.82) is 0 Å². The van der Waals surface area contributed by atoms with E-state index in [0.717, 1.165) is 27.9 Å². The van der Waals surface area contributed by atoms with Crippen molar-refractivity contribution in [2.24, 2.45) is 0 Å². The molecule has 0 aliphatic rings. The van der Waals surface area contributed by atoms with Crippen molar-refractivity contribution >= 4 is 17.0 Å². The maximum Gasteiger partial charge on any atom is 0.320 e. The normalized spacial score (nSPS) is 12.2. The molecule has 0 saturated carbocycles. The summed E-state index contributed by atoms with van der Waals surface area (Å²) in [5, 5.41) is 4.60. The number of fused-ring (bicyclic) bond motifs is 1. The first-order chi connectivity index (χ1) is 14.1. The number of rotatable bonds is 6. The van der Waals surface area contributed by atoms with Crippen LogP contribution < -0.4 is 4.74 Å². The molecule has 0 spiro atoms. The fourth-order valence-electron chi connectivity index (χ4n) is 3.62. The number of aryl methyl sites for hydroxylation is 1. The van der Waals surface area contributed by atoms with Gasteiger partial charge in [-0.1, -0.05) is 56.3 Å². The zero-order valence-corrected chi connectivity index (χ0v) is 16.8. The summed E-state index contributed by atoms with van der Waals surface area (Å²) in [4.78, 5) is 21.0. The Bertz CT molecular complexity index is 1110. The predicted molar refractivity (Wildman–Crippen MR) is 112 cm³/mol. The van der Waals surface area contributed by atoms with Crippen LogP contribution in [0.15, 0.2) is 54.6 Å². The Kier molecular flexibility index (Phi) is 5.16. The summed E-state index contributed by atoms with van der Waals surface area (Å²) in [6.07, 6.45) is 1.36. The molecule has 0 saturated heterocycles. The maximum absolute atomic E-state index is 13.1. The van der Waals surface area contributed by atoms with E-state index in [-0.39, 0.29) is 11.9 Å². The number of benzene rings is 2. The van der Waals surface area contributed by atoms with E-state index in [4.69, 9.17) is 4.74 Å². The zero-order chi connectivity index (χ0) is 20.4. The fourth-order valence-corrected chi connectivity index (χ4v) is 3.62. The zero-order valence-electron chi connectivity index (χ0n) is 16.8. The smallest absolute Gasteiger partial charge is 0.320 e. The first-order valence-electron chi connectivity index (χ1n) is 9.92. The summed E-state index contributed by atoms with van der Waals surface area (Å²) >= 11 is 0. The van der Waals surface area contributed by atoms with Crippen LogP contribution in [-0.2, 0) is 11.2 Å². The second kappa shape index (κ2) is 7.91. The molecule has 0 radical (unpaired) electrons. The van der Waals surface area contributed by atoms with E-state index >= 15 is 0 Å². The lowest BCUT2D eigenvalue weighted by Crippen LogP contribution is -2.20. The number of nitrogens with zero attached hydrogens (tertiary/aromatic N) is 3. The molecule has 0 bridgehead atoms. The molecule has 4 rings (SSSR count). The van der Waals surface area contributed by atoms with Crippen LogP contribution in [0.1, 0.15) is 43.0 Å². The molecular formula is C23H24N4O2. The van der Waals surface area contributed by atoms with Crippen LogP contribution in [0.5, 0.6) is 5.88 Å². The van der Waals surface area contributed by atoms with Gasteiger partial charge >= 0.3 is 5.97 Å². The Balaban J connectivity index is 1.74. The number of H-pyrrole nitrogens is 1. The highest BCUT2D eigenvalue weighted by atomic mass is 16.5. The third-order valence-corrected chi connectivity index (χ3v) is 5.16. The van der Waals surface area contributed by atoms with E-state index in [0.29, 0.717) is 24.7 Å². The molecule has 1 N–H and O–H groups in total. The monoisotopic (exact) mass is 388 g/mol. The summed E-state index contributed by atoms with van der Waals surface area (Å²) in [5.41, 5.74) is 4.42. The number of hydrogen-bond acceptors (Lipinski definition) is 4. The molecule has 148 valence electrons. The average molecular weight is 388 g/mol. The van der Waals surface area contributed by atoms with E-state index in [1.54, 1.807) is 4.68 Å². The van der Waals surface area contributed by atoms with Gasteiger partial charge in [0.1, 0.15) is 0 Å². The van der Waals surface area contributed by atoms with Crippen LogP contribution >= 0.6 is 0 Å². The standard InChI is InChI=1S/C23H24N4O2/c1-4-17-15(3)26-27(23-24-19-13-9-10-14-20(19)25-23)21(17)29-22(28)18(5-2)16-11-7-6-8-12-16/h6-14,18H,4-5H2,1-3H3,(H,24,25)/t18-/m0/s1. The molecule has 0 amide bonds. The third-order valence-electron chi connectivity index (χ3n) is 5.16. The van der Waals surface area contributed by atoms with Gasteiger partial charge in [0.25, 0.3) is 0 Å². The maximum atomic E-state index is 13.1. The second-order valence-electron chi connectivity index (χ2n) is 7.00. The van der Waals surface area contributed by atoms with Crippen molar-refractivity contribution in [2.75, 3.05) is 0 Å². The Labute approximate surface area is 169 Å². The number of imidazole rings is 1. The first-order valence-corrected chi connectivity index (χ1v) is 9.92. The molecule has 0 aliphatic heterocycles. The van der Waals surface area contributed by atoms with Gasteiger partial charge < -0.3 is 9.72 Å². The molecule has 1 atom stereocenters. The number of para-hydroxylation sites is 2. The third kappa shape index (κ3) is 3.53. The molecule has 0 fully saturated rings. The molecular weight excluding hydrogens is 364 g/mol. The van der Waals surface area contributed by atoms with Crippen molar-refractivity contribution in [3.8, 4) is 11.8 Å². The number of carbonyl (C=O) groups excluding carboxylic acids is 1. The van der Waals surface area contributed by atoms with Crippen molar-refractivity contribution in [1.82, 2.24) is 19.7 Å². The van der Waals surface area contributed by atoms with Crippen LogP contribution in [0.25, 0.3) is 17.0 Å². The Morgan fingerprint density at radius 2 is 1.83 bits per heavy atom. The molecule has 6 heteroatoms. The lowest BCUT2D eigenvalue weighted by atomic mass is 9.97. The van der Waals surface area contributed by atoms with Gasteiger partial charge in [0.15, 0.2) is 0 Å². The number of aromatic amines is 1. The number of hydrogen-bond donors (Lipinski definition) is 1. The number of carbonyl (C=O) groups is 1. The largest absolute Gasteiger partial charge is 0.406 e. The quantitative estimate of drug-likeness (QED) is 0.485. The average Bonchev–Trinajstić information content (AvgIpc) is 3.30. The number of ether oxygens (including phenoxy) is 1. The van der Waals surface area contributed by atoms with Gasteiger partial charge in [-0.3, -0.25) is 4.79 Å². The number of nitrogens with one attached hydrogen (secondary N) is 1. The van der Waals surface area contributed by atoms with Gasteiger partial charge in [0.05, 0.1) is 22.6 Å². The highest BCUT2D eigenvalue weighted by Crippen LogP contribution is 2.29. The highest BCUT2D eigenvalue weighted by molar-refractivity contribution is 5.80. The SMILES string of the molecule is CCc1c(C)nn(-c2nc3ccccc3[nH]2)c1OC(=O)[C@@H](CC)c1ccccc1. The van der Waals surface area contributed by atoms with Gasteiger partial charge in [-0.2, -0.15) is 9.78 Å². The van der Waals surface area contributed by atoms with Gasteiger partial charge in [-0.25, -0.2) is 4.98 Å². The van der Waals surface area contributed by atoms with Crippen LogP contribution in [0.2, 0.25) is 0 Å². The summed E-state index contributed by atoms with van der Waals surface area (Å²) < 4.78 is 7.55. The van der Waals surface area contributed by atoms with E-state index in [2.05, 4.69) is 15.1 Å². The topological polar surface area (TPSA) is 72.8 Å². The molecule has 0 unspecified atom stereocenters. The van der Waals surface area contributed by atoms with E-state index < -0.39 is 0 Å². The van der Waals surface area contributed by atoms with E-state index in [1.165, 1.54) is 0 Å². The van der Waals surface area contributed by atoms with Crippen molar-refractivity contribution in [3.05, 3.63) is 71.4 Å². The van der Waals surface area contributed by atoms with Gasteiger partial charge in [0.2, 0.25) is 11.8 Å². The minimum Gasteiger partial charge on any atom is -0.406 e. The van der Waals surface area contributed by atoms with Crippen LogP contribution in [-0.4, -0.2) is 25.7 Å². The second-order valence-corrected chi connectivity index (χ2v) is 7.00. The Morgan fingerprint density at radius 1 is 1.10 bits per heavy atom. The Morgan fingerprint density at radius 3 is 2.52 bits per heavy atom. The van der Waals surface area contributed by atoms with E-state index in [9.17, 15) is 4.79 Å². The molecule has 6 nitrogen and oxygen atoms in total. The van der Waals surface area contributed by atoms with Crippen LogP contribution in [0, 0.1) is 6.92 Å². The van der Waals surface area contributed by atoms with Gasteiger partial charge in [-0.15, -0.1) is 0 Å². The highest BCUT2D eigenvalue weighted by Gasteiger charge is 2.26. The summed E-state index contributed by atoms with van der Waals surface area (Å²) in [7, 11) is 0. The number of esters is 1. The summed E-state index contributed by atoms with van der Waals surface area (Å²) in [6.45, 7) is 5.93.